The van der Waals surface area contributed by atoms with Crippen molar-refractivity contribution in [2.75, 3.05) is 19.0 Å². The van der Waals surface area contributed by atoms with Crippen LogP contribution in [-0.2, 0) is 11.3 Å². The fourth-order valence-corrected chi connectivity index (χ4v) is 2.79. The maximum absolute atomic E-state index is 12.8. The molecule has 3 aromatic rings. The lowest BCUT2D eigenvalue weighted by atomic mass is 10.3. The molecule has 27 heavy (non-hydrogen) atoms. The van der Waals surface area contributed by atoms with Crippen LogP contribution < -0.4 is 10.1 Å². The minimum Gasteiger partial charge on any atom is -0.495 e. The fourth-order valence-electron chi connectivity index (χ4n) is 2.49. The normalized spacial score (nSPS) is 10.4. The first-order valence-corrected chi connectivity index (χ1v) is 8.86. The Morgan fingerprint density at radius 2 is 1.96 bits per heavy atom. The van der Waals surface area contributed by atoms with Crippen molar-refractivity contribution in [1.82, 2.24) is 4.90 Å². The van der Waals surface area contributed by atoms with Crippen LogP contribution in [0.25, 0.3) is 0 Å². The molecule has 2 aromatic heterocycles. The molecule has 0 fully saturated rings. The Hall–Kier alpha value is -3.00. The van der Waals surface area contributed by atoms with Gasteiger partial charge in [-0.25, -0.2) is 0 Å². The van der Waals surface area contributed by atoms with Gasteiger partial charge in [-0.1, -0.05) is 12.1 Å². The highest BCUT2D eigenvalue weighted by atomic mass is 79.9. The number of nitrogens with zero attached hydrogens (tertiary/aromatic N) is 1. The summed E-state index contributed by atoms with van der Waals surface area (Å²) in [7, 11) is 1.52. The summed E-state index contributed by atoms with van der Waals surface area (Å²) in [6.07, 6.45) is 1.51. The first-order valence-electron chi connectivity index (χ1n) is 8.06. The Labute approximate surface area is 164 Å². The Morgan fingerprint density at radius 1 is 1.15 bits per heavy atom. The molecule has 140 valence electrons. The Balaban J connectivity index is 1.76. The third kappa shape index (κ3) is 4.79. The van der Waals surface area contributed by atoms with Crippen LogP contribution in [-0.4, -0.2) is 30.4 Å². The molecule has 3 rings (SSSR count). The molecule has 0 aliphatic carbocycles. The van der Waals surface area contributed by atoms with Crippen LogP contribution in [0.2, 0.25) is 0 Å². The van der Waals surface area contributed by atoms with Crippen molar-refractivity contribution < 1.29 is 23.2 Å². The number of furan rings is 2. The zero-order valence-electron chi connectivity index (χ0n) is 14.5. The number of para-hydroxylation sites is 2. The summed E-state index contributed by atoms with van der Waals surface area (Å²) in [5.41, 5.74) is 0.524. The van der Waals surface area contributed by atoms with E-state index in [2.05, 4.69) is 21.2 Å². The minimum atomic E-state index is -0.424. The van der Waals surface area contributed by atoms with E-state index in [1.54, 1.807) is 48.5 Å². The predicted octanol–water partition coefficient (Wildman–Crippen LogP) is 3.92. The number of anilines is 1. The molecule has 2 amide bonds. The monoisotopic (exact) mass is 432 g/mol. The van der Waals surface area contributed by atoms with E-state index < -0.39 is 5.91 Å². The molecule has 8 heteroatoms. The van der Waals surface area contributed by atoms with Gasteiger partial charge in [-0.15, -0.1) is 0 Å². The number of benzene rings is 1. The molecule has 0 aliphatic heterocycles. The number of rotatable bonds is 7. The minimum absolute atomic E-state index is 0.124. The van der Waals surface area contributed by atoms with Crippen LogP contribution in [0.5, 0.6) is 5.75 Å². The lowest BCUT2D eigenvalue weighted by molar-refractivity contribution is -0.117. The molecule has 7 nitrogen and oxygen atoms in total. The summed E-state index contributed by atoms with van der Waals surface area (Å²) in [6.45, 7) is -0.0562. The number of hydrogen-bond donors (Lipinski definition) is 1. The predicted molar refractivity (Wildman–Crippen MR) is 101 cm³/mol. The van der Waals surface area contributed by atoms with Crippen molar-refractivity contribution in [3.8, 4) is 5.75 Å². The van der Waals surface area contributed by atoms with Crippen molar-refractivity contribution in [3.63, 3.8) is 0 Å². The summed E-state index contributed by atoms with van der Waals surface area (Å²) in [5, 5.41) is 2.75. The lowest BCUT2D eigenvalue weighted by Gasteiger charge is -2.20. The van der Waals surface area contributed by atoms with Crippen molar-refractivity contribution in [2.24, 2.45) is 0 Å². The maximum atomic E-state index is 12.8. The average molecular weight is 433 g/mol. The van der Waals surface area contributed by atoms with Crippen LogP contribution in [0, 0.1) is 0 Å². The van der Waals surface area contributed by atoms with E-state index in [9.17, 15) is 9.59 Å². The number of amides is 2. The highest BCUT2D eigenvalue weighted by Crippen LogP contribution is 2.23. The number of ether oxygens (including phenoxy) is 1. The third-order valence-corrected chi connectivity index (χ3v) is 4.14. The highest BCUT2D eigenvalue weighted by Gasteiger charge is 2.23. The molecule has 1 aromatic carbocycles. The summed E-state index contributed by atoms with van der Waals surface area (Å²) in [5.74, 6) is 0.416. The maximum Gasteiger partial charge on any atom is 0.290 e. The topological polar surface area (TPSA) is 84.9 Å². The van der Waals surface area contributed by atoms with Gasteiger partial charge in [0.1, 0.15) is 18.1 Å². The van der Waals surface area contributed by atoms with Crippen LogP contribution >= 0.6 is 15.9 Å². The first kappa shape index (κ1) is 18.8. The lowest BCUT2D eigenvalue weighted by Crippen LogP contribution is -2.37. The van der Waals surface area contributed by atoms with E-state index >= 15 is 0 Å². The van der Waals surface area contributed by atoms with Gasteiger partial charge in [-0.2, -0.15) is 0 Å². The summed E-state index contributed by atoms with van der Waals surface area (Å²) >= 11 is 3.17. The number of halogens is 1. The number of hydrogen-bond acceptors (Lipinski definition) is 5. The van der Waals surface area contributed by atoms with Gasteiger partial charge < -0.3 is 23.8 Å². The van der Waals surface area contributed by atoms with Crippen LogP contribution in [0.15, 0.2) is 68.3 Å². The molecule has 0 bridgehead atoms. The van der Waals surface area contributed by atoms with Gasteiger partial charge in [0, 0.05) is 0 Å². The van der Waals surface area contributed by atoms with Crippen LogP contribution in [0.3, 0.4) is 0 Å². The summed E-state index contributed by atoms with van der Waals surface area (Å²) < 4.78 is 16.3. The van der Waals surface area contributed by atoms with Crippen molar-refractivity contribution in [2.45, 2.75) is 6.54 Å². The average Bonchev–Trinajstić information content (AvgIpc) is 3.32. The molecular weight excluding hydrogens is 416 g/mol. The zero-order valence-corrected chi connectivity index (χ0v) is 16.1. The van der Waals surface area contributed by atoms with E-state index in [1.165, 1.54) is 18.3 Å². The van der Waals surface area contributed by atoms with Gasteiger partial charge in [-0.05, 0) is 52.3 Å². The third-order valence-electron chi connectivity index (χ3n) is 3.71. The van der Waals surface area contributed by atoms with Gasteiger partial charge >= 0.3 is 0 Å². The Kier molecular flexibility index (Phi) is 5.97. The van der Waals surface area contributed by atoms with E-state index in [4.69, 9.17) is 13.6 Å². The second-order valence-electron chi connectivity index (χ2n) is 5.59. The second kappa shape index (κ2) is 8.59. The standard InChI is InChI=1S/C19H17BrN2O5/c1-25-15-7-3-2-6-14(15)21-18(23)12-22(11-13-5-4-10-26-13)19(24)16-8-9-17(20)27-16/h2-10H,11-12H2,1H3,(H,21,23). The largest absolute Gasteiger partial charge is 0.495 e. The van der Waals surface area contributed by atoms with Crippen LogP contribution in [0.4, 0.5) is 5.69 Å². The van der Waals surface area contributed by atoms with Gasteiger partial charge in [0.15, 0.2) is 10.4 Å². The van der Waals surface area contributed by atoms with Gasteiger partial charge in [0.25, 0.3) is 5.91 Å². The number of methoxy groups -OCH3 is 1. The van der Waals surface area contributed by atoms with Crippen molar-refractivity contribution in [3.05, 3.63) is 71.0 Å². The number of nitrogens with one attached hydrogen (secondary N) is 1. The molecule has 2 heterocycles. The molecule has 0 radical (unpaired) electrons. The van der Waals surface area contributed by atoms with Gasteiger partial charge in [0.05, 0.1) is 25.6 Å². The molecule has 0 aliphatic rings. The Morgan fingerprint density at radius 3 is 2.63 bits per heavy atom. The molecule has 0 saturated heterocycles. The molecule has 0 saturated carbocycles. The zero-order chi connectivity index (χ0) is 19.2. The smallest absolute Gasteiger partial charge is 0.290 e. The van der Waals surface area contributed by atoms with Gasteiger partial charge in [0.2, 0.25) is 5.91 Å². The van der Waals surface area contributed by atoms with E-state index in [1.807, 2.05) is 0 Å². The first-order chi connectivity index (χ1) is 13.1. The number of carbonyl (C=O) groups excluding carboxylic acids is 2. The molecular formula is C19H17BrN2O5. The quantitative estimate of drug-likeness (QED) is 0.611. The van der Waals surface area contributed by atoms with Crippen molar-refractivity contribution in [1.29, 1.82) is 0 Å². The Bertz CT molecular complexity index is 920. The number of carbonyl (C=O) groups is 2. The van der Waals surface area contributed by atoms with E-state index in [0.717, 1.165) is 0 Å². The highest BCUT2D eigenvalue weighted by molar-refractivity contribution is 9.10. The molecule has 1 N–H and O–H groups in total. The van der Waals surface area contributed by atoms with Gasteiger partial charge in [-0.3, -0.25) is 9.59 Å². The molecule has 0 spiro atoms. The van der Waals surface area contributed by atoms with Crippen molar-refractivity contribution >= 4 is 33.4 Å². The van der Waals surface area contributed by atoms with E-state index in [0.29, 0.717) is 21.9 Å². The molecule has 0 atom stereocenters. The fraction of sp³-hybridized carbons (Fsp3) is 0.158. The summed E-state index contributed by atoms with van der Waals surface area (Å²) in [6, 6.07) is 13.7. The SMILES string of the molecule is COc1ccccc1NC(=O)CN(Cc1ccco1)C(=O)c1ccc(Br)o1. The van der Waals surface area contributed by atoms with Crippen LogP contribution in [0.1, 0.15) is 16.3 Å². The molecule has 0 unspecified atom stereocenters. The van der Waals surface area contributed by atoms with E-state index in [-0.39, 0.29) is 24.8 Å². The second-order valence-corrected chi connectivity index (χ2v) is 6.37. The summed E-state index contributed by atoms with van der Waals surface area (Å²) in [4.78, 5) is 26.6.